The third-order valence-electron chi connectivity index (χ3n) is 7.61. The minimum Gasteiger partial charge on any atom is -0.444 e. The van der Waals surface area contributed by atoms with Gasteiger partial charge in [0.1, 0.15) is 31.4 Å². The Morgan fingerprint density at radius 2 is 1.49 bits per heavy atom. The topological polar surface area (TPSA) is 137 Å². The Balaban J connectivity index is 1.58. The van der Waals surface area contributed by atoms with Crippen LogP contribution < -0.4 is 11.1 Å². The van der Waals surface area contributed by atoms with E-state index in [1.807, 2.05) is 60.7 Å². The van der Waals surface area contributed by atoms with E-state index in [-0.39, 0.29) is 33.2 Å². The van der Waals surface area contributed by atoms with Crippen molar-refractivity contribution in [1.29, 1.82) is 0 Å². The third-order valence-corrected chi connectivity index (χ3v) is 7.61. The summed E-state index contributed by atoms with van der Waals surface area (Å²) < 4.78 is 41.8. The second-order valence-electron chi connectivity index (χ2n) is 12.7. The second-order valence-corrected chi connectivity index (χ2v) is 12.7. The Labute approximate surface area is 265 Å². The number of nitrogens with one attached hydrogen (secondary N) is 1. The molecule has 0 radical (unpaired) electrons. The molecular formula is C34H46N2O9. The molecule has 2 aromatic rings. The predicted molar refractivity (Wildman–Crippen MR) is 165 cm³/mol. The summed E-state index contributed by atoms with van der Waals surface area (Å²) in [6, 6.07) is 19.3. The van der Waals surface area contributed by atoms with Gasteiger partial charge in [-0.2, -0.15) is 0 Å². The number of carbonyl (C=O) groups excluding carboxylic acids is 2. The van der Waals surface area contributed by atoms with E-state index in [9.17, 15) is 9.59 Å². The van der Waals surface area contributed by atoms with Crippen molar-refractivity contribution in [3.63, 3.8) is 0 Å². The molecule has 1 saturated carbocycles. The van der Waals surface area contributed by atoms with Gasteiger partial charge in [-0.25, -0.2) is 4.79 Å². The fourth-order valence-corrected chi connectivity index (χ4v) is 5.79. The Morgan fingerprint density at radius 3 is 2.04 bits per heavy atom. The van der Waals surface area contributed by atoms with E-state index in [0.29, 0.717) is 12.2 Å². The van der Waals surface area contributed by atoms with Gasteiger partial charge >= 0.3 is 6.09 Å². The van der Waals surface area contributed by atoms with Gasteiger partial charge in [-0.05, 0) is 57.7 Å². The average molecular weight is 627 g/mol. The van der Waals surface area contributed by atoms with Gasteiger partial charge in [-0.1, -0.05) is 67.2 Å². The molecule has 45 heavy (non-hydrogen) atoms. The summed E-state index contributed by atoms with van der Waals surface area (Å²) in [4.78, 5) is 26.8. The smallest absolute Gasteiger partial charge is 0.408 e. The van der Waals surface area contributed by atoms with E-state index >= 15 is 0 Å². The summed E-state index contributed by atoms with van der Waals surface area (Å²) in [5.74, 6) is -2.95. The molecule has 11 heteroatoms. The van der Waals surface area contributed by atoms with Gasteiger partial charge in [0.05, 0.1) is 37.4 Å². The highest BCUT2D eigenvalue weighted by Gasteiger charge is 2.65. The Morgan fingerprint density at radius 1 is 0.911 bits per heavy atom. The summed E-state index contributed by atoms with van der Waals surface area (Å²) in [6.45, 7) is 13.5. The molecule has 1 aliphatic heterocycles. The number of fused-ring (bicyclic) bond motifs is 1. The van der Waals surface area contributed by atoms with Gasteiger partial charge in [-0.3, -0.25) is 4.79 Å². The quantitative estimate of drug-likeness (QED) is 0.175. The monoisotopic (exact) mass is 626 g/mol. The van der Waals surface area contributed by atoms with Crippen LogP contribution in [0.25, 0.3) is 0 Å². The van der Waals surface area contributed by atoms with Crippen molar-refractivity contribution in [2.75, 3.05) is 20.2 Å². The van der Waals surface area contributed by atoms with Crippen molar-refractivity contribution in [3.8, 4) is 0 Å². The van der Waals surface area contributed by atoms with Crippen LogP contribution >= 0.6 is 0 Å². The molecule has 2 aliphatic rings. The minimum atomic E-state index is -1.47. The predicted octanol–water partition coefficient (Wildman–Crippen LogP) is 4.58. The molecule has 1 aliphatic carbocycles. The minimum absolute atomic E-state index is 0.0183. The van der Waals surface area contributed by atoms with Crippen molar-refractivity contribution in [1.82, 2.24) is 5.32 Å². The maximum absolute atomic E-state index is 13.4. The van der Waals surface area contributed by atoms with Crippen LogP contribution in [0.1, 0.15) is 52.2 Å². The molecule has 1 saturated heterocycles. The summed E-state index contributed by atoms with van der Waals surface area (Å²) >= 11 is 0. The van der Waals surface area contributed by atoms with Crippen LogP contribution in [-0.2, 0) is 51.2 Å². The van der Waals surface area contributed by atoms with E-state index in [1.54, 1.807) is 34.6 Å². The number of benzene rings is 2. The van der Waals surface area contributed by atoms with Crippen molar-refractivity contribution in [3.05, 3.63) is 83.9 Å². The molecule has 2 amide bonds. The van der Waals surface area contributed by atoms with Gasteiger partial charge in [0.25, 0.3) is 0 Å². The first kappa shape index (κ1) is 34.6. The maximum Gasteiger partial charge on any atom is 0.408 e. The lowest BCUT2D eigenvalue weighted by Gasteiger charge is -2.51. The SMILES string of the molecule is C=C1[C@H]2OC(C)(C)O[C@H]2[C@](CCOCOCc2ccccc2)(NC(=O)OC(C)(C)C)[C@@H](C(N)=O)[C@H]1OCOCc1ccccc1. The van der Waals surface area contributed by atoms with Crippen molar-refractivity contribution >= 4 is 12.0 Å². The van der Waals surface area contributed by atoms with Crippen LogP contribution in [0.15, 0.2) is 72.8 Å². The molecule has 2 fully saturated rings. The zero-order chi connectivity index (χ0) is 32.7. The number of hydrogen-bond donors (Lipinski definition) is 2. The number of rotatable bonds is 14. The van der Waals surface area contributed by atoms with E-state index in [4.69, 9.17) is 38.9 Å². The first-order valence-corrected chi connectivity index (χ1v) is 15.1. The first-order chi connectivity index (χ1) is 21.3. The zero-order valence-electron chi connectivity index (χ0n) is 26.8. The van der Waals surface area contributed by atoms with E-state index < -0.39 is 53.2 Å². The fourth-order valence-electron chi connectivity index (χ4n) is 5.79. The largest absolute Gasteiger partial charge is 0.444 e. The van der Waals surface area contributed by atoms with Crippen LogP contribution in [0.5, 0.6) is 0 Å². The van der Waals surface area contributed by atoms with Crippen molar-refractivity contribution < 1.29 is 42.7 Å². The van der Waals surface area contributed by atoms with Gasteiger partial charge in [-0.15, -0.1) is 0 Å². The highest BCUT2D eigenvalue weighted by atomic mass is 16.8. The molecule has 0 unspecified atom stereocenters. The first-order valence-electron chi connectivity index (χ1n) is 15.1. The maximum atomic E-state index is 13.4. The van der Waals surface area contributed by atoms with Crippen LogP contribution in [0.3, 0.4) is 0 Å². The highest BCUT2D eigenvalue weighted by molar-refractivity contribution is 5.82. The molecule has 246 valence electrons. The highest BCUT2D eigenvalue weighted by Crippen LogP contribution is 2.49. The number of nitrogens with two attached hydrogens (primary N) is 1. The molecule has 3 N–H and O–H groups in total. The molecule has 1 heterocycles. The standard InChI is InChI=1S/C34H46N2O9/c1-23-27(42-22-41-20-25-15-11-8-12-16-25)26(30(35)37)34(36-31(38)45-32(2,3)4,29-28(23)43-33(5,6)44-29)17-18-39-21-40-19-24-13-9-7-10-14-24/h7-16,26-29H,1,17-22H2,2-6H3,(H2,35,37)(H,36,38)/t26-,27+,28-,29-,34-/m1/s1. The molecule has 0 aromatic heterocycles. The van der Waals surface area contributed by atoms with Crippen LogP contribution in [-0.4, -0.2) is 67.4 Å². The third kappa shape index (κ3) is 9.12. The van der Waals surface area contributed by atoms with Crippen molar-refractivity contribution in [2.45, 2.75) is 89.5 Å². The van der Waals surface area contributed by atoms with Gasteiger partial charge in [0.2, 0.25) is 5.91 Å². The lowest BCUT2D eigenvalue weighted by Crippen LogP contribution is -2.73. The van der Waals surface area contributed by atoms with E-state index in [2.05, 4.69) is 11.9 Å². The normalized spacial score (nSPS) is 25.8. The molecule has 0 bridgehead atoms. The lowest BCUT2D eigenvalue weighted by atomic mass is 9.64. The van der Waals surface area contributed by atoms with E-state index in [1.165, 1.54) is 0 Å². The Kier molecular flexibility index (Phi) is 11.4. The van der Waals surface area contributed by atoms with Gasteiger partial charge in [0.15, 0.2) is 5.79 Å². The average Bonchev–Trinajstić information content (AvgIpc) is 3.31. The van der Waals surface area contributed by atoms with Crippen LogP contribution in [0.2, 0.25) is 0 Å². The van der Waals surface area contributed by atoms with E-state index in [0.717, 1.165) is 11.1 Å². The van der Waals surface area contributed by atoms with Gasteiger partial charge in [0, 0.05) is 0 Å². The molecule has 0 spiro atoms. The summed E-state index contributed by atoms with van der Waals surface area (Å²) in [5.41, 5.74) is 6.22. The summed E-state index contributed by atoms with van der Waals surface area (Å²) in [6.07, 6.45) is -3.27. The number of primary amides is 1. The number of carbonyl (C=O) groups is 2. The number of amides is 2. The lowest BCUT2D eigenvalue weighted by molar-refractivity contribution is -0.169. The van der Waals surface area contributed by atoms with Crippen LogP contribution in [0, 0.1) is 5.92 Å². The fraction of sp³-hybridized carbons (Fsp3) is 0.529. The Bertz CT molecular complexity index is 1280. The van der Waals surface area contributed by atoms with Gasteiger partial charge < -0.3 is 44.2 Å². The Hall–Kier alpha value is -3.32. The molecular weight excluding hydrogens is 580 g/mol. The molecule has 5 atom stereocenters. The zero-order valence-corrected chi connectivity index (χ0v) is 26.8. The summed E-state index contributed by atoms with van der Waals surface area (Å²) in [7, 11) is 0. The van der Waals surface area contributed by atoms with Crippen molar-refractivity contribution in [2.24, 2.45) is 11.7 Å². The van der Waals surface area contributed by atoms with Crippen LogP contribution in [0.4, 0.5) is 4.79 Å². The molecule has 2 aromatic carbocycles. The number of ether oxygens (including phenoxy) is 7. The molecule has 11 nitrogen and oxygen atoms in total. The number of alkyl carbamates (subject to hydrolysis) is 1. The summed E-state index contributed by atoms with van der Waals surface area (Å²) in [5, 5.41) is 2.96. The molecule has 4 rings (SSSR count). The number of hydrogen-bond acceptors (Lipinski definition) is 9. The second kappa shape index (κ2) is 14.8.